The summed E-state index contributed by atoms with van der Waals surface area (Å²) in [4.78, 5) is 24.5. The van der Waals surface area contributed by atoms with Crippen molar-refractivity contribution in [2.24, 2.45) is 0 Å². The summed E-state index contributed by atoms with van der Waals surface area (Å²) < 4.78 is 0. The Morgan fingerprint density at radius 3 is 2.74 bits per heavy atom. The topological polar surface area (TPSA) is 70.2 Å². The molecule has 0 aromatic heterocycles. The molecule has 5 heteroatoms. The molecule has 0 bridgehead atoms. The Balaban J connectivity index is 1.61. The second kappa shape index (κ2) is 6.71. The van der Waals surface area contributed by atoms with Crippen LogP contribution in [0.3, 0.4) is 0 Å². The van der Waals surface area contributed by atoms with Gasteiger partial charge >= 0.3 is 0 Å². The van der Waals surface area contributed by atoms with E-state index in [1.54, 1.807) is 0 Å². The zero-order valence-corrected chi connectivity index (χ0v) is 13.8. The van der Waals surface area contributed by atoms with Gasteiger partial charge in [-0.2, -0.15) is 0 Å². The summed E-state index contributed by atoms with van der Waals surface area (Å²) in [6.45, 7) is 3.96. The van der Waals surface area contributed by atoms with Crippen molar-refractivity contribution in [2.45, 2.75) is 64.1 Å². The third-order valence-electron chi connectivity index (χ3n) is 4.88. The Bertz CT molecular complexity index is 614. The van der Waals surface area contributed by atoms with E-state index >= 15 is 0 Å². The number of hydrogen-bond acceptors (Lipinski definition) is 3. The third kappa shape index (κ3) is 3.72. The molecule has 124 valence electrons. The molecular weight excluding hydrogens is 290 g/mol. The van der Waals surface area contributed by atoms with Crippen molar-refractivity contribution in [2.75, 3.05) is 5.32 Å². The number of piperazine rings is 1. The number of fused-ring (bicyclic) bond motifs is 1. The molecule has 2 fully saturated rings. The Kier molecular flexibility index (Phi) is 4.66. The number of anilines is 1. The quantitative estimate of drug-likeness (QED) is 0.799. The highest BCUT2D eigenvalue weighted by molar-refractivity contribution is 5.96. The van der Waals surface area contributed by atoms with Crippen molar-refractivity contribution >= 4 is 17.5 Å². The molecule has 1 saturated carbocycles. The van der Waals surface area contributed by atoms with E-state index in [2.05, 4.69) is 16.0 Å². The highest BCUT2D eigenvalue weighted by Crippen LogP contribution is 2.23. The first-order valence-electron chi connectivity index (χ1n) is 8.46. The molecule has 3 rings (SSSR count). The number of nitrogens with one attached hydrogen (secondary N) is 3. The van der Waals surface area contributed by atoms with Crippen LogP contribution in [0.5, 0.6) is 0 Å². The molecule has 1 aromatic carbocycles. The Morgan fingerprint density at radius 2 is 1.96 bits per heavy atom. The largest absolute Gasteiger partial charge is 0.350 e. The third-order valence-corrected chi connectivity index (χ3v) is 4.88. The first-order valence-corrected chi connectivity index (χ1v) is 8.46. The second-order valence-corrected chi connectivity index (χ2v) is 6.80. The lowest BCUT2D eigenvalue weighted by atomic mass is 9.87. The molecule has 3 N–H and O–H groups in total. The van der Waals surface area contributed by atoms with Gasteiger partial charge in [-0.3, -0.25) is 9.59 Å². The number of rotatable bonds is 3. The first kappa shape index (κ1) is 16.0. The number of aryl methyl sites for hydroxylation is 2. The van der Waals surface area contributed by atoms with E-state index in [1.807, 2.05) is 32.0 Å². The van der Waals surface area contributed by atoms with Crippen LogP contribution in [0.4, 0.5) is 5.69 Å². The molecule has 3 atom stereocenters. The van der Waals surface area contributed by atoms with E-state index in [4.69, 9.17) is 0 Å². The van der Waals surface area contributed by atoms with E-state index in [1.165, 1.54) is 12.8 Å². The van der Waals surface area contributed by atoms with E-state index < -0.39 is 6.04 Å². The number of hydrogen-bond donors (Lipinski definition) is 3. The van der Waals surface area contributed by atoms with Crippen LogP contribution in [-0.2, 0) is 9.59 Å². The SMILES string of the molecule is Cc1ccc(C)c(NC(=O)C[C@H]2N[C@H]3CCCC[C@@H]3NC2=O)c1. The maximum absolute atomic E-state index is 12.3. The number of carbonyl (C=O) groups excluding carboxylic acids is 2. The lowest BCUT2D eigenvalue weighted by molar-refractivity contribution is -0.129. The van der Waals surface area contributed by atoms with Crippen LogP contribution in [0.2, 0.25) is 0 Å². The monoisotopic (exact) mass is 315 g/mol. The molecule has 1 saturated heterocycles. The van der Waals surface area contributed by atoms with E-state index in [0.717, 1.165) is 29.7 Å². The fourth-order valence-corrected chi connectivity index (χ4v) is 3.53. The van der Waals surface area contributed by atoms with Crippen LogP contribution in [0.15, 0.2) is 18.2 Å². The van der Waals surface area contributed by atoms with Crippen molar-refractivity contribution < 1.29 is 9.59 Å². The molecule has 2 amide bonds. The van der Waals surface area contributed by atoms with Crippen molar-refractivity contribution in [3.8, 4) is 0 Å². The summed E-state index contributed by atoms with van der Waals surface area (Å²) in [5.74, 6) is -0.176. The Labute approximate surface area is 137 Å². The van der Waals surface area contributed by atoms with Crippen LogP contribution in [-0.4, -0.2) is 29.9 Å². The van der Waals surface area contributed by atoms with E-state index in [-0.39, 0.29) is 24.3 Å². The Hall–Kier alpha value is -1.88. The number of carbonyl (C=O) groups is 2. The minimum atomic E-state index is -0.431. The molecule has 1 aliphatic heterocycles. The molecule has 1 heterocycles. The van der Waals surface area contributed by atoms with Gasteiger partial charge < -0.3 is 16.0 Å². The predicted molar refractivity (Wildman–Crippen MR) is 90.3 cm³/mol. The summed E-state index contributed by atoms with van der Waals surface area (Å²) in [5.41, 5.74) is 2.95. The minimum absolute atomic E-state index is 0.0516. The smallest absolute Gasteiger partial charge is 0.237 e. The molecule has 0 unspecified atom stereocenters. The van der Waals surface area contributed by atoms with Gasteiger partial charge in [0.1, 0.15) is 0 Å². The lowest BCUT2D eigenvalue weighted by Crippen LogP contribution is -2.65. The molecule has 1 aliphatic carbocycles. The van der Waals surface area contributed by atoms with Gasteiger partial charge in [-0.1, -0.05) is 25.0 Å². The highest BCUT2D eigenvalue weighted by atomic mass is 16.2. The normalized spacial score (nSPS) is 27.0. The zero-order valence-electron chi connectivity index (χ0n) is 13.8. The van der Waals surface area contributed by atoms with Crippen LogP contribution in [0.1, 0.15) is 43.2 Å². The molecule has 0 spiro atoms. The molecule has 2 aliphatic rings. The maximum atomic E-state index is 12.3. The minimum Gasteiger partial charge on any atom is -0.350 e. The van der Waals surface area contributed by atoms with Crippen LogP contribution in [0.25, 0.3) is 0 Å². The lowest BCUT2D eigenvalue weighted by Gasteiger charge is -2.40. The van der Waals surface area contributed by atoms with Crippen LogP contribution < -0.4 is 16.0 Å². The van der Waals surface area contributed by atoms with Gasteiger partial charge in [0, 0.05) is 17.8 Å². The molecule has 5 nitrogen and oxygen atoms in total. The standard InChI is InChI=1S/C18H25N3O2/c1-11-7-8-12(2)15(9-11)20-17(22)10-16-18(23)21-14-6-4-3-5-13(14)19-16/h7-9,13-14,16,19H,3-6,10H2,1-2H3,(H,20,22)(H,21,23)/t13-,14-,16+/m0/s1. The Morgan fingerprint density at radius 1 is 1.22 bits per heavy atom. The summed E-state index contributed by atoms with van der Waals surface area (Å²) in [6, 6.07) is 6.07. The zero-order chi connectivity index (χ0) is 16.4. The molecule has 1 aromatic rings. The average Bonchev–Trinajstić information content (AvgIpc) is 2.51. The summed E-state index contributed by atoms with van der Waals surface area (Å²) >= 11 is 0. The van der Waals surface area contributed by atoms with Gasteiger partial charge in [-0.25, -0.2) is 0 Å². The highest BCUT2D eigenvalue weighted by Gasteiger charge is 2.36. The van der Waals surface area contributed by atoms with Gasteiger partial charge in [0.15, 0.2) is 0 Å². The van der Waals surface area contributed by atoms with Crippen molar-refractivity contribution in [1.29, 1.82) is 0 Å². The van der Waals surface area contributed by atoms with Crippen molar-refractivity contribution in [1.82, 2.24) is 10.6 Å². The van der Waals surface area contributed by atoms with Gasteiger partial charge in [0.25, 0.3) is 0 Å². The van der Waals surface area contributed by atoms with Crippen molar-refractivity contribution in [3.05, 3.63) is 29.3 Å². The second-order valence-electron chi connectivity index (χ2n) is 6.80. The summed E-state index contributed by atoms with van der Waals surface area (Å²) in [5, 5.41) is 9.38. The van der Waals surface area contributed by atoms with Gasteiger partial charge in [0.05, 0.1) is 12.5 Å². The first-order chi connectivity index (χ1) is 11.0. The molecular formula is C18H25N3O2. The summed E-state index contributed by atoms with van der Waals surface area (Å²) in [6.07, 6.45) is 4.62. The number of amides is 2. The summed E-state index contributed by atoms with van der Waals surface area (Å²) in [7, 11) is 0. The van der Waals surface area contributed by atoms with E-state index in [0.29, 0.717) is 6.04 Å². The van der Waals surface area contributed by atoms with Crippen LogP contribution >= 0.6 is 0 Å². The van der Waals surface area contributed by atoms with Crippen molar-refractivity contribution in [3.63, 3.8) is 0 Å². The fraction of sp³-hybridized carbons (Fsp3) is 0.556. The fourth-order valence-electron chi connectivity index (χ4n) is 3.53. The van der Waals surface area contributed by atoms with Gasteiger partial charge in [-0.15, -0.1) is 0 Å². The molecule has 0 radical (unpaired) electrons. The maximum Gasteiger partial charge on any atom is 0.237 e. The molecule has 23 heavy (non-hydrogen) atoms. The average molecular weight is 315 g/mol. The van der Waals surface area contributed by atoms with Gasteiger partial charge in [0.2, 0.25) is 11.8 Å². The number of benzene rings is 1. The predicted octanol–water partition coefficient (Wildman–Crippen LogP) is 2.03. The van der Waals surface area contributed by atoms with E-state index in [9.17, 15) is 9.59 Å². The van der Waals surface area contributed by atoms with Crippen LogP contribution in [0, 0.1) is 13.8 Å². The van der Waals surface area contributed by atoms with Gasteiger partial charge in [-0.05, 0) is 43.9 Å².